The van der Waals surface area contributed by atoms with Crippen LogP contribution >= 0.6 is 0 Å². The van der Waals surface area contributed by atoms with Crippen LogP contribution in [0.2, 0.25) is 0 Å². The van der Waals surface area contributed by atoms with Crippen LogP contribution in [0.4, 0.5) is 0 Å². The number of benzene rings is 1. The molecule has 0 saturated heterocycles. The second-order valence-corrected chi connectivity index (χ2v) is 3.70. The number of nitrogens with zero attached hydrogens (tertiary/aromatic N) is 2. The summed E-state index contributed by atoms with van der Waals surface area (Å²) in [6.07, 6.45) is 2.09. The fourth-order valence-electron chi connectivity index (χ4n) is 1.77. The van der Waals surface area contributed by atoms with Gasteiger partial charge in [-0.05, 0) is 37.5 Å². The molecule has 0 fully saturated rings. The minimum absolute atomic E-state index is 1.13. The van der Waals surface area contributed by atoms with E-state index in [1.54, 1.807) is 0 Å². The van der Waals surface area contributed by atoms with Gasteiger partial charge >= 0.3 is 0 Å². The normalized spacial score (nSPS) is 11.1. The van der Waals surface area contributed by atoms with Gasteiger partial charge in [-0.1, -0.05) is 6.07 Å². The maximum absolute atomic E-state index is 4.43. The van der Waals surface area contributed by atoms with E-state index in [4.69, 9.17) is 0 Å². The van der Waals surface area contributed by atoms with E-state index >= 15 is 0 Å². The second-order valence-electron chi connectivity index (χ2n) is 3.70. The van der Waals surface area contributed by atoms with Gasteiger partial charge in [0.15, 0.2) is 0 Å². The van der Waals surface area contributed by atoms with Crippen LogP contribution in [0, 0.1) is 20.8 Å². The molecular weight excluding hydrogens is 160 g/mol. The van der Waals surface area contributed by atoms with E-state index in [2.05, 4.69) is 38.1 Å². The zero-order valence-electron chi connectivity index (χ0n) is 8.55. The van der Waals surface area contributed by atoms with Gasteiger partial charge in [-0.3, -0.25) is 4.68 Å². The van der Waals surface area contributed by atoms with Crippen LogP contribution in [0.5, 0.6) is 0 Å². The highest BCUT2D eigenvalue weighted by atomic mass is 15.2. The SMILES string of the molecule is Cc1cc(C)c2nn(C)cc2c1C. The molecule has 0 atom stereocenters. The van der Waals surface area contributed by atoms with Crippen LogP contribution < -0.4 is 0 Å². The van der Waals surface area contributed by atoms with E-state index < -0.39 is 0 Å². The summed E-state index contributed by atoms with van der Waals surface area (Å²) in [5.41, 5.74) is 5.08. The number of aryl methyl sites for hydroxylation is 4. The summed E-state index contributed by atoms with van der Waals surface area (Å²) in [6.45, 7) is 6.41. The van der Waals surface area contributed by atoms with Crippen LogP contribution in [0.25, 0.3) is 10.9 Å². The average molecular weight is 174 g/mol. The predicted molar refractivity (Wildman–Crippen MR) is 54.9 cm³/mol. The highest BCUT2D eigenvalue weighted by molar-refractivity contribution is 5.85. The summed E-state index contributed by atoms with van der Waals surface area (Å²) in [5, 5.41) is 5.71. The van der Waals surface area contributed by atoms with Crippen molar-refractivity contribution in [1.29, 1.82) is 0 Å². The first-order valence-electron chi connectivity index (χ1n) is 4.50. The first-order valence-corrected chi connectivity index (χ1v) is 4.50. The summed E-state index contributed by atoms with van der Waals surface area (Å²) in [6, 6.07) is 2.20. The lowest BCUT2D eigenvalue weighted by atomic mass is 10.0. The third-order valence-electron chi connectivity index (χ3n) is 2.63. The minimum atomic E-state index is 1.13. The molecule has 0 N–H and O–H groups in total. The molecule has 13 heavy (non-hydrogen) atoms. The molecule has 0 aliphatic carbocycles. The first-order chi connectivity index (χ1) is 6.09. The Hall–Kier alpha value is -1.31. The van der Waals surface area contributed by atoms with Crippen molar-refractivity contribution in [1.82, 2.24) is 9.78 Å². The molecule has 0 saturated carbocycles. The molecule has 0 unspecified atom stereocenters. The second kappa shape index (κ2) is 2.59. The van der Waals surface area contributed by atoms with Gasteiger partial charge in [-0.2, -0.15) is 5.10 Å². The first kappa shape index (κ1) is 8.30. The summed E-state index contributed by atoms with van der Waals surface area (Å²) >= 11 is 0. The van der Waals surface area contributed by atoms with E-state index in [0.29, 0.717) is 0 Å². The third-order valence-corrected chi connectivity index (χ3v) is 2.63. The lowest BCUT2D eigenvalue weighted by molar-refractivity contribution is 0.779. The van der Waals surface area contributed by atoms with E-state index in [0.717, 1.165) is 5.52 Å². The van der Waals surface area contributed by atoms with Gasteiger partial charge in [0.1, 0.15) is 0 Å². The van der Waals surface area contributed by atoms with Gasteiger partial charge in [0.25, 0.3) is 0 Å². The van der Waals surface area contributed by atoms with Crippen LogP contribution in [0.15, 0.2) is 12.3 Å². The summed E-state index contributed by atoms with van der Waals surface area (Å²) in [4.78, 5) is 0. The maximum atomic E-state index is 4.43. The van der Waals surface area contributed by atoms with Crippen LogP contribution in [-0.2, 0) is 7.05 Å². The van der Waals surface area contributed by atoms with Gasteiger partial charge in [-0.15, -0.1) is 0 Å². The van der Waals surface area contributed by atoms with E-state index in [1.807, 2.05) is 11.7 Å². The van der Waals surface area contributed by atoms with Crippen molar-refractivity contribution in [3.8, 4) is 0 Å². The molecule has 2 rings (SSSR count). The standard InChI is InChI=1S/C11H14N2/c1-7-5-8(2)11-10(9(7)3)6-13(4)12-11/h5-6H,1-4H3. The smallest absolute Gasteiger partial charge is 0.0955 e. The molecule has 0 amide bonds. The molecule has 2 aromatic rings. The molecule has 0 spiro atoms. The van der Waals surface area contributed by atoms with Gasteiger partial charge in [0.2, 0.25) is 0 Å². The minimum Gasteiger partial charge on any atom is -0.275 e. The zero-order chi connectivity index (χ0) is 9.59. The molecule has 0 bridgehead atoms. The topological polar surface area (TPSA) is 17.8 Å². The summed E-state index contributed by atoms with van der Waals surface area (Å²) in [5.74, 6) is 0. The molecule has 0 radical (unpaired) electrons. The van der Waals surface area contributed by atoms with Crippen molar-refractivity contribution < 1.29 is 0 Å². The Morgan fingerprint density at radius 2 is 1.85 bits per heavy atom. The monoisotopic (exact) mass is 174 g/mol. The van der Waals surface area contributed by atoms with Crippen LogP contribution in [0.1, 0.15) is 16.7 Å². The Balaban J connectivity index is 2.95. The molecular formula is C11H14N2. The Morgan fingerprint density at radius 3 is 2.54 bits per heavy atom. The molecule has 0 aliphatic heterocycles. The maximum Gasteiger partial charge on any atom is 0.0955 e. The predicted octanol–water partition coefficient (Wildman–Crippen LogP) is 2.50. The van der Waals surface area contributed by atoms with Gasteiger partial charge in [-0.25, -0.2) is 0 Å². The molecule has 2 nitrogen and oxygen atoms in total. The number of rotatable bonds is 0. The van der Waals surface area contributed by atoms with Gasteiger partial charge in [0, 0.05) is 18.6 Å². The highest BCUT2D eigenvalue weighted by Crippen LogP contribution is 2.23. The van der Waals surface area contributed by atoms with E-state index in [9.17, 15) is 0 Å². The van der Waals surface area contributed by atoms with Crippen molar-refractivity contribution in [2.24, 2.45) is 7.05 Å². The molecule has 2 heteroatoms. The fourth-order valence-corrected chi connectivity index (χ4v) is 1.77. The number of hydrogen-bond donors (Lipinski definition) is 0. The van der Waals surface area contributed by atoms with Crippen LogP contribution in [-0.4, -0.2) is 9.78 Å². The largest absolute Gasteiger partial charge is 0.275 e. The quantitative estimate of drug-likeness (QED) is 0.600. The van der Waals surface area contributed by atoms with Gasteiger partial charge < -0.3 is 0 Å². The summed E-state index contributed by atoms with van der Waals surface area (Å²) in [7, 11) is 1.97. The van der Waals surface area contributed by atoms with Crippen molar-refractivity contribution in [3.63, 3.8) is 0 Å². The van der Waals surface area contributed by atoms with Crippen molar-refractivity contribution >= 4 is 10.9 Å². The van der Waals surface area contributed by atoms with Crippen molar-refractivity contribution in [3.05, 3.63) is 29.0 Å². The summed E-state index contributed by atoms with van der Waals surface area (Å²) < 4.78 is 1.88. The van der Waals surface area contributed by atoms with Crippen molar-refractivity contribution in [2.75, 3.05) is 0 Å². The Kier molecular flexibility index (Phi) is 1.65. The van der Waals surface area contributed by atoms with Crippen LogP contribution in [0.3, 0.4) is 0 Å². The molecule has 68 valence electrons. The lowest BCUT2D eigenvalue weighted by Gasteiger charge is -2.02. The van der Waals surface area contributed by atoms with Gasteiger partial charge in [0.05, 0.1) is 5.52 Å². The fraction of sp³-hybridized carbons (Fsp3) is 0.364. The molecule has 1 aromatic heterocycles. The number of aromatic nitrogens is 2. The molecule has 1 heterocycles. The number of hydrogen-bond acceptors (Lipinski definition) is 1. The zero-order valence-corrected chi connectivity index (χ0v) is 8.55. The van der Waals surface area contributed by atoms with Crippen molar-refractivity contribution in [2.45, 2.75) is 20.8 Å². The Bertz CT molecular complexity index is 466. The Labute approximate surface area is 78.2 Å². The Morgan fingerprint density at radius 1 is 1.15 bits per heavy atom. The number of fused-ring (bicyclic) bond motifs is 1. The highest BCUT2D eigenvalue weighted by Gasteiger charge is 2.06. The average Bonchev–Trinajstić information content (AvgIpc) is 2.44. The third kappa shape index (κ3) is 1.13. The van der Waals surface area contributed by atoms with E-state index in [-0.39, 0.29) is 0 Å². The molecule has 0 aliphatic rings. The van der Waals surface area contributed by atoms with E-state index in [1.165, 1.54) is 22.1 Å². The lowest BCUT2D eigenvalue weighted by Crippen LogP contribution is -1.87. The molecule has 1 aromatic carbocycles.